The van der Waals surface area contributed by atoms with Gasteiger partial charge in [0, 0.05) is 23.1 Å². The van der Waals surface area contributed by atoms with E-state index in [1.165, 1.54) is 0 Å². The van der Waals surface area contributed by atoms with E-state index in [1.807, 2.05) is 38.1 Å². The normalized spacial score (nSPS) is 11.9. The molecule has 0 saturated heterocycles. The Morgan fingerprint density at radius 3 is 2.41 bits per heavy atom. The number of amides is 1. The molecule has 0 aromatic heterocycles. The standard InChI is InChI=1S/C20H22Cl3NO2S/c1-12-8-16(9-13(2)19(12)23)26-14(3)20(25)24-6-7-27-11-15-4-5-17(21)18(22)10-15/h4-5,8-10,14H,6-7,11H2,1-3H3,(H,24,25)/t14-/m1/s1. The second-order valence-electron chi connectivity index (χ2n) is 6.22. The SMILES string of the molecule is Cc1cc(O[C@H](C)C(=O)NCCSCc2ccc(Cl)c(Cl)c2)cc(C)c1Cl. The zero-order valence-electron chi connectivity index (χ0n) is 15.4. The molecule has 0 aliphatic heterocycles. The van der Waals surface area contributed by atoms with Crippen LogP contribution >= 0.6 is 46.6 Å². The van der Waals surface area contributed by atoms with Gasteiger partial charge in [-0.15, -0.1) is 0 Å². The Balaban J connectivity index is 1.72. The molecule has 3 nitrogen and oxygen atoms in total. The molecule has 2 aromatic carbocycles. The monoisotopic (exact) mass is 445 g/mol. The molecule has 7 heteroatoms. The quantitative estimate of drug-likeness (QED) is 0.499. The van der Waals surface area contributed by atoms with Gasteiger partial charge in [0.2, 0.25) is 0 Å². The van der Waals surface area contributed by atoms with Gasteiger partial charge in [-0.1, -0.05) is 40.9 Å². The first-order valence-corrected chi connectivity index (χ1v) is 10.8. The van der Waals surface area contributed by atoms with Gasteiger partial charge in [0.25, 0.3) is 5.91 Å². The lowest BCUT2D eigenvalue weighted by atomic mass is 10.1. The molecule has 146 valence electrons. The lowest BCUT2D eigenvalue weighted by molar-refractivity contribution is -0.127. The fourth-order valence-corrected chi connectivity index (χ4v) is 3.68. The Hall–Kier alpha value is -1.07. The number of halogens is 3. The number of aryl methyl sites for hydroxylation is 2. The number of hydrogen-bond donors (Lipinski definition) is 1. The van der Waals surface area contributed by atoms with Crippen LogP contribution in [0.5, 0.6) is 5.75 Å². The zero-order chi connectivity index (χ0) is 20.0. The van der Waals surface area contributed by atoms with Crippen LogP contribution in [0.1, 0.15) is 23.6 Å². The fraction of sp³-hybridized carbons (Fsp3) is 0.350. The van der Waals surface area contributed by atoms with Crippen LogP contribution in [-0.2, 0) is 10.5 Å². The maximum atomic E-state index is 12.2. The molecule has 0 radical (unpaired) electrons. The van der Waals surface area contributed by atoms with Gasteiger partial charge in [-0.3, -0.25) is 4.79 Å². The first kappa shape index (κ1) is 22.2. The number of thioether (sulfide) groups is 1. The first-order valence-electron chi connectivity index (χ1n) is 8.50. The summed E-state index contributed by atoms with van der Waals surface area (Å²) in [5.74, 6) is 2.10. The minimum atomic E-state index is -0.579. The summed E-state index contributed by atoms with van der Waals surface area (Å²) in [5, 5.41) is 4.72. The van der Waals surface area contributed by atoms with Gasteiger partial charge in [0.15, 0.2) is 6.10 Å². The van der Waals surface area contributed by atoms with Gasteiger partial charge in [0.1, 0.15) is 5.75 Å². The van der Waals surface area contributed by atoms with Crippen molar-refractivity contribution in [1.82, 2.24) is 5.32 Å². The topological polar surface area (TPSA) is 38.3 Å². The van der Waals surface area contributed by atoms with Gasteiger partial charge >= 0.3 is 0 Å². The van der Waals surface area contributed by atoms with Gasteiger partial charge in [-0.05, 0) is 61.7 Å². The summed E-state index contributed by atoms with van der Waals surface area (Å²) < 4.78 is 5.74. The molecular formula is C20H22Cl3NO2S. The summed E-state index contributed by atoms with van der Waals surface area (Å²) in [4.78, 5) is 12.2. The highest BCUT2D eigenvalue weighted by Crippen LogP contribution is 2.26. The summed E-state index contributed by atoms with van der Waals surface area (Å²) >= 11 is 19.8. The molecule has 0 aliphatic carbocycles. The summed E-state index contributed by atoms with van der Waals surface area (Å²) in [6.45, 7) is 6.13. The Labute approximate surface area is 179 Å². The van der Waals surface area contributed by atoms with E-state index in [9.17, 15) is 4.79 Å². The molecular weight excluding hydrogens is 425 g/mol. The Morgan fingerprint density at radius 2 is 1.78 bits per heavy atom. The number of rotatable bonds is 8. The van der Waals surface area contributed by atoms with Crippen LogP contribution in [0, 0.1) is 13.8 Å². The van der Waals surface area contributed by atoms with Crippen LogP contribution in [0.15, 0.2) is 30.3 Å². The maximum absolute atomic E-state index is 12.2. The predicted octanol–water partition coefficient (Wildman–Crippen LogP) is 6.08. The largest absolute Gasteiger partial charge is 0.481 e. The van der Waals surface area contributed by atoms with Crippen LogP contribution in [-0.4, -0.2) is 24.3 Å². The van der Waals surface area contributed by atoms with Gasteiger partial charge in [-0.2, -0.15) is 11.8 Å². The summed E-state index contributed by atoms with van der Waals surface area (Å²) in [5.41, 5.74) is 2.96. The molecule has 1 N–H and O–H groups in total. The third kappa shape index (κ3) is 6.79. The number of hydrogen-bond acceptors (Lipinski definition) is 3. The molecule has 2 rings (SSSR count). The van der Waals surface area contributed by atoms with E-state index in [0.29, 0.717) is 22.3 Å². The highest BCUT2D eigenvalue weighted by Gasteiger charge is 2.15. The Morgan fingerprint density at radius 1 is 1.11 bits per heavy atom. The third-order valence-electron chi connectivity index (χ3n) is 3.89. The molecule has 0 heterocycles. The summed E-state index contributed by atoms with van der Waals surface area (Å²) in [7, 11) is 0. The van der Waals surface area contributed by atoms with E-state index in [2.05, 4.69) is 5.32 Å². The van der Waals surface area contributed by atoms with Crippen molar-refractivity contribution in [2.75, 3.05) is 12.3 Å². The molecule has 0 bridgehead atoms. The average molecular weight is 447 g/mol. The molecule has 27 heavy (non-hydrogen) atoms. The maximum Gasteiger partial charge on any atom is 0.260 e. The molecule has 0 aliphatic rings. The smallest absolute Gasteiger partial charge is 0.260 e. The highest BCUT2D eigenvalue weighted by molar-refractivity contribution is 7.98. The van der Waals surface area contributed by atoms with Crippen molar-refractivity contribution in [3.63, 3.8) is 0 Å². The summed E-state index contributed by atoms with van der Waals surface area (Å²) in [6, 6.07) is 9.28. The van der Waals surface area contributed by atoms with Crippen molar-refractivity contribution in [3.8, 4) is 5.75 Å². The Kier molecular flexibility index (Phi) is 8.62. The lowest BCUT2D eigenvalue weighted by Gasteiger charge is -2.16. The molecule has 0 saturated carbocycles. The molecule has 2 aromatic rings. The average Bonchev–Trinajstić information content (AvgIpc) is 2.62. The Bertz CT molecular complexity index is 791. The van der Waals surface area contributed by atoms with Crippen LogP contribution in [0.3, 0.4) is 0 Å². The van der Waals surface area contributed by atoms with E-state index in [0.717, 1.165) is 33.2 Å². The van der Waals surface area contributed by atoms with E-state index in [-0.39, 0.29) is 5.91 Å². The van der Waals surface area contributed by atoms with Gasteiger partial charge in [-0.25, -0.2) is 0 Å². The van der Waals surface area contributed by atoms with Gasteiger partial charge < -0.3 is 10.1 Å². The number of carbonyl (C=O) groups is 1. The number of nitrogens with one attached hydrogen (secondary N) is 1. The minimum absolute atomic E-state index is 0.143. The van der Waals surface area contributed by atoms with Gasteiger partial charge in [0.05, 0.1) is 10.0 Å². The minimum Gasteiger partial charge on any atom is -0.481 e. The molecule has 0 unspecified atom stereocenters. The predicted molar refractivity (Wildman–Crippen MR) is 117 cm³/mol. The lowest BCUT2D eigenvalue weighted by Crippen LogP contribution is -2.37. The van der Waals surface area contributed by atoms with Crippen molar-refractivity contribution in [1.29, 1.82) is 0 Å². The first-order chi connectivity index (χ1) is 12.8. The zero-order valence-corrected chi connectivity index (χ0v) is 18.5. The van der Waals surface area contributed by atoms with E-state index >= 15 is 0 Å². The van der Waals surface area contributed by atoms with Crippen LogP contribution < -0.4 is 10.1 Å². The van der Waals surface area contributed by atoms with Crippen molar-refractivity contribution in [2.45, 2.75) is 32.6 Å². The second-order valence-corrected chi connectivity index (χ2v) is 8.52. The molecule has 0 fully saturated rings. The number of benzene rings is 2. The van der Waals surface area contributed by atoms with Crippen molar-refractivity contribution in [3.05, 3.63) is 62.1 Å². The van der Waals surface area contributed by atoms with Crippen molar-refractivity contribution >= 4 is 52.5 Å². The van der Waals surface area contributed by atoms with Crippen molar-refractivity contribution < 1.29 is 9.53 Å². The molecule has 1 amide bonds. The summed E-state index contributed by atoms with van der Waals surface area (Å²) in [6.07, 6.45) is -0.579. The van der Waals surface area contributed by atoms with Crippen LogP contribution in [0.2, 0.25) is 15.1 Å². The number of ether oxygens (including phenoxy) is 1. The van der Waals surface area contributed by atoms with Crippen LogP contribution in [0.25, 0.3) is 0 Å². The molecule has 0 spiro atoms. The van der Waals surface area contributed by atoms with Crippen molar-refractivity contribution in [2.24, 2.45) is 0 Å². The third-order valence-corrected chi connectivity index (χ3v) is 6.26. The highest BCUT2D eigenvalue weighted by atomic mass is 35.5. The molecule has 1 atom stereocenters. The van der Waals surface area contributed by atoms with E-state index < -0.39 is 6.10 Å². The van der Waals surface area contributed by atoms with E-state index in [4.69, 9.17) is 39.5 Å². The van der Waals surface area contributed by atoms with Crippen LogP contribution in [0.4, 0.5) is 0 Å². The second kappa shape index (κ2) is 10.5. The van der Waals surface area contributed by atoms with E-state index in [1.54, 1.807) is 24.8 Å². The number of carbonyl (C=O) groups excluding carboxylic acids is 1. The fourth-order valence-electron chi connectivity index (χ4n) is 2.44.